The molecule has 0 aliphatic carbocycles. The molecule has 0 unspecified atom stereocenters. The van der Waals surface area contributed by atoms with Gasteiger partial charge in [-0.3, -0.25) is 80.4 Å². The summed E-state index contributed by atoms with van der Waals surface area (Å²) in [7, 11) is 0. The number of aliphatic hydroxyl groups excluding tert-OH is 1. The standard InChI is InChI=1S/C73H116N30O16S/c1-38(93-60(111)47(14-7-27-87-67(77)78)95-55(107)24-32-92-72(120)94-40-18-21-44-43(34-40)66(117)119-73(44)45-22-19-41(105)35-53(45)118-54-36-42(106)20-23-46(54)73)59(110)96-49(15-8-28-88-68(79)80)62(113)98-51(17-10-30-90-70(83)84)64(115)99-50(16-9-29-89-69(81)82)63(114)97-48(12-3-5-25-74)61(112)100-52(13-4-6-26-75)65(116)102-103(33-11-31-91-71(85)86)37-56(108)101-57(39(2)104)58(76)109/h18-23,34-36,38-39,47-52,57,104-106H,3-17,24-33,37,74-75H2,1-2H3,(H2,76,109)(H,93,111)(H,95,107)(H,96,110)(H,97,114)(H,98,113)(H,99,115)(H,100,112)(H,101,108)(H,102,116)(H4,77,78,87)(H4,79,80,88)(H4,81,82,89)(H4,83,84,90)(H4,85,86,91)(H2,92,94,120)/t38-,39+,47-,48-,49-,50-,51-,52-,57-/m0/s1. The molecule has 10 amide bonds. The Kier molecular flexibility index (Phi) is 40.2. The maximum Gasteiger partial charge on any atom is 0.340 e. The molecule has 0 aromatic heterocycles. The number of hydrogen-bond acceptors (Lipinski definition) is 25. The van der Waals surface area contributed by atoms with E-state index in [1.807, 2.05) is 0 Å². The van der Waals surface area contributed by atoms with Gasteiger partial charge in [-0.2, -0.15) is 0 Å². The summed E-state index contributed by atoms with van der Waals surface area (Å²) in [6.07, 6.45) is -0.596. The molecule has 47 heteroatoms. The molecule has 660 valence electrons. The molecule has 0 saturated heterocycles. The highest BCUT2D eigenvalue weighted by molar-refractivity contribution is 7.80. The van der Waals surface area contributed by atoms with E-state index in [0.717, 1.165) is 5.01 Å². The van der Waals surface area contributed by atoms with Gasteiger partial charge in [-0.15, -0.1) is 0 Å². The number of nitrogens with zero attached hydrogens (tertiary/aromatic N) is 1. The lowest BCUT2D eigenvalue weighted by atomic mass is 9.77. The Bertz CT molecular complexity index is 4090. The van der Waals surface area contributed by atoms with E-state index in [1.165, 1.54) is 44.2 Å². The first-order chi connectivity index (χ1) is 57.0. The number of unbranched alkanes of at least 4 members (excludes halogenated alkanes) is 2. The first-order valence-corrected chi connectivity index (χ1v) is 39.4. The highest BCUT2D eigenvalue weighted by Gasteiger charge is 2.54. The second-order valence-electron chi connectivity index (χ2n) is 28.4. The Hall–Kier alpha value is -12.9. The second-order valence-corrected chi connectivity index (χ2v) is 28.8. The maximum absolute atomic E-state index is 14.8. The SMILES string of the molecule is C[C@H](NC(=O)[C@H](CCCNC(=N)N)NC(=O)CCNC(=S)Nc1ccc2c(c1)C(=O)OC21c2ccc(O)cc2Oc2cc(O)ccc21)C(=O)N[C@@H](CCCNC(=N)N)C(=O)N[C@@H](CCCNC(=N)N)C(=O)N[C@@H](CCCNC(=N)N)C(=O)N[C@@H](CCCCN)C(=O)N[C@@H](CCCCN)C(=O)NN(CCCNC(=N)N)CC(=O)N[C@H](C(N)=O)[C@@H](C)O. The van der Waals surface area contributed by atoms with Crippen molar-refractivity contribution in [3.63, 3.8) is 0 Å². The van der Waals surface area contributed by atoms with E-state index in [2.05, 4.69) is 85.2 Å². The molecular formula is C73H116N30O16S. The zero-order chi connectivity index (χ0) is 88.8. The lowest BCUT2D eigenvalue weighted by Gasteiger charge is -2.36. The van der Waals surface area contributed by atoms with Crippen molar-refractivity contribution in [3.05, 3.63) is 76.9 Å². The number of amides is 10. The van der Waals surface area contributed by atoms with E-state index in [4.69, 9.17) is 94.6 Å². The molecule has 9 atom stereocenters. The summed E-state index contributed by atoms with van der Waals surface area (Å²) in [6.45, 7) is 2.35. The fraction of sp³-hybridized carbons (Fsp3) is 0.521. The normalized spacial score (nSPS) is 14.2. The summed E-state index contributed by atoms with van der Waals surface area (Å²) in [5, 5.41) is 110. The van der Waals surface area contributed by atoms with Crippen molar-refractivity contribution in [1.29, 1.82) is 27.0 Å². The first kappa shape index (κ1) is 97.7. The number of guanidine groups is 5. The number of aromatic hydroxyl groups is 2. The third-order valence-corrected chi connectivity index (χ3v) is 18.9. The van der Waals surface area contributed by atoms with Gasteiger partial charge in [0.25, 0.3) is 5.91 Å². The van der Waals surface area contributed by atoms with Crippen LogP contribution in [0.5, 0.6) is 23.0 Å². The third-order valence-electron chi connectivity index (χ3n) is 18.7. The van der Waals surface area contributed by atoms with Crippen molar-refractivity contribution >= 4 is 118 Å². The molecule has 3 aromatic carbocycles. The number of ether oxygens (including phenoxy) is 2. The number of hydrazine groups is 1. The van der Waals surface area contributed by atoms with E-state index >= 15 is 0 Å². The molecule has 120 heavy (non-hydrogen) atoms. The van der Waals surface area contributed by atoms with Gasteiger partial charge in [0.15, 0.2) is 40.5 Å². The molecule has 0 bridgehead atoms. The topological polar surface area (TPSA) is 790 Å². The Labute approximate surface area is 697 Å². The first-order valence-electron chi connectivity index (χ1n) is 39.0. The number of primary amides is 1. The number of carbonyl (C=O) groups is 11. The molecule has 2 aliphatic heterocycles. The Morgan fingerprint density at radius 3 is 1.27 bits per heavy atom. The van der Waals surface area contributed by atoms with Gasteiger partial charge >= 0.3 is 5.97 Å². The number of hydrogen-bond donors (Lipinski definition) is 32. The number of aliphatic hydroxyl groups is 1. The largest absolute Gasteiger partial charge is 0.508 e. The molecule has 0 fully saturated rings. The summed E-state index contributed by atoms with van der Waals surface area (Å²) < 4.78 is 12.2. The van der Waals surface area contributed by atoms with Crippen molar-refractivity contribution in [1.82, 2.24) is 84.9 Å². The molecule has 0 saturated carbocycles. The van der Waals surface area contributed by atoms with E-state index in [-0.39, 0.29) is 194 Å². The number of nitrogens with one attached hydrogen (secondary N) is 21. The smallest absolute Gasteiger partial charge is 0.340 e. The lowest BCUT2D eigenvalue weighted by Crippen LogP contribution is -2.60. The summed E-state index contributed by atoms with van der Waals surface area (Å²) in [6, 6.07) is 1.93. The second kappa shape index (κ2) is 49.4. The minimum Gasteiger partial charge on any atom is -0.508 e. The van der Waals surface area contributed by atoms with Crippen LogP contribution >= 0.6 is 12.2 Å². The Balaban J connectivity index is 1.33. The molecule has 5 rings (SSSR count). The van der Waals surface area contributed by atoms with Crippen molar-refractivity contribution in [2.75, 3.05) is 70.8 Å². The van der Waals surface area contributed by atoms with Crippen molar-refractivity contribution in [3.8, 4) is 23.0 Å². The van der Waals surface area contributed by atoms with E-state index in [1.54, 1.807) is 24.3 Å². The number of esters is 1. The highest BCUT2D eigenvalue weighted by atomic mass is 32.1. The van der Waals surface area contributed by atoms with Crippen LogP contribution in [0.3, 0.4) is 0 Å². The van der Waals surface area contributed by atoms with E-state index < -0.39 is 150 Å². The number of thiocarbonyl (C=S) groups is 1. The number of nitrogens with two attached hydrogens (primary N) is 8. The highest BCUT2D eigenvalue weighted by Crippen LogP contribution is 2.57. The number of phenols is 2. The fourth-order valence-electron chi connectivity index (χ4n) is 12.7. The number of benzene rings is 3. The van der Waals surface area contributed by atoms with Gasteiger partial charge in [0.2, 0.25) is 53.2 Å². The lowest BCUT2D eigenvalue weighted by molar-refractivity contribution is -0.137. The van der Waals surface area contributed by atoms with Gasteiger partial charge in [-0.25, -0.2) is 9.80 Å². The minimum absolute atomic E-state index is 0.00259. The predicted octanol–water partition coefficient (Wildman–Crippen LogP) is -6.38. The Morgan fingerprint density at radius 1 is 0.467 bits per heavy atom. The van der Waals surface area contributed by atoms with Crippen molar-refractivity contribution < 1.29 is 77.5 Å². The monoisotopic (exact) mass is 1700 g/mol. The quantitative estimate of drug-likeness (QED) is 0.00624. The molecular weight excluding hydrogens is 1590 g/mol. The number of rotatable bonds is 52. The molecule has 1 spiro atoms. The van der Waals surface area contributed by atoms with Gasteiger partial charge in [-0.05, 0) is 172 Å². The fourth-order valence-corrected chi connectivity index (χ4v) is 12.9. The third kappa shape index (κ3) is 32.2. The van der Waals surface area contributed by atoms with Crippen molar-refractivity contribution in [2.24, 2.45) is 45.9 Å². The summed E-state index contributed by atoms with van der Waals surface area (Å²) in [5.41, 5.74) is 47.6. The number of carbonyl (C=O) groups excluding carboxylic acids is 11. The van der Waals surface area contributed by atoms with Gasteiger partial charge in [0, 0.05) is 86.7 Å². The van der Waals surface area contributed by atoms with Gasteiger partial charge in [0.1, 0.15) is 71.3 Å². The molecule has 3 aromatic rings. The molecule has 40 N–H and O–H groups in total. The Morgan fingerprint density at radius 2 is 0.858 bits per heavy atom. The summed E-state index contributed by atoms with van der Waals surface area (Å²) in [5.74, 6) is -11.4. The number of fused-ring (bicyclic) bond motifs is 6. The molecule has 46 nitrogen and oxygen atoms in total. The van der Waals surface area contributed by atoms with Crippen LogP contribution in [-0.4, -0.2) is 240 Å². The van der Waals surface area contributed by atoms with Crippen LogP contribution in [-0.2, 0) is 58.3 Å². The summed E-state index contributed by atoms with van der Waals surface area (Å²) >= 11 is 5.56. The zero-order valence-corrected chi connectivity index (χ0v) is 67.7. The van der Waals surface area contributed by atoms with Gasteiger partial charge in [0.05, 0.1) is 18.2 Å². The zero-order valence-electron chi connectivity index (χ0n) is 66.9. The van der Waals surface area contributed by atoms with Crippen LogP contribution in [0.15, 0.2) is 54.6 Å². The van der Waals surface area contributed by atoms with Crippen LogP contribution in [0.1, 0.15) is 144 Å². The average Bonchev–Trinajstić information content (AvgIpc) is 1.54. The molecule has 2 aliphatic rings. The van der Waals surface area contributed by atoms with E-state index in [9.17, 15) is 68.1 Å². The van der Waals surface area contributed by atoms with Crippen LogP contribution in [0.4, 0.5) is 5.69 Å². The number of anilines is 1. The van der Waals surface area contributed by atoms with Crippen LogP contribution in [0.25, 0.3) is 0 Å². The van der Waals surface area contributed by atoms with Crippen LogP contribution in [0.2, 0.25) is 0 Å². The minimum atomic E-state index is -1.54. The van der Waals surface area contributed by atoms with Crippen molar-refractivity contribution in [2.45, 2.75) is 177 Å². The molecule has 0 radical (unpaired) electrons. The van der Waals surface area contributed by atoms with Crippen LogP contribution in [0, 0.1) is 27.0 Å². The van der Waals surface area contributed by atoms with Gasteiger partial charge < -0.3 is 150 Å². The van der Waals surface area contributed by atoms with Crippen LogP contribution < -0.4 is 136 Å². The molecule has 2 heterocycles. The number of phenolic OH excluding ortho intramolecular Hbond substituents is 2. The van der Waals surface area contributed by atoms with Gasteiger partial charge in [-0.1, -0.05) is 6.07 Å². The average molecular weight is 1700 g/mol. The predicted molar refractivity (Wildman–Crippen MR) is 446 cm³/mol. The maximum atomic E-state index is 14.8. The van der Waals surface area contributed by atoms with E-state index in [0.29, 0.717) is 35.2 Å². The summed E-state index contributed by atoms with van der Waals surface area (Å²) in [4.78, 5) is 155.